The fourth-order valence-corrected chi connectivity index (χ4v) is 4.06. The van der Waals surface area contributed by atoms with Gasteiger partial charge < -0.3 is 4.74 Å². The molecule has 2 aliphatic heterocycles. The van der Waals surface area contributed by atoms with Gasteiger partial charge in [-0.15, -0.1) is 0 Å². The second kappa shape index (κ2) is 7.12. The number of ether oxygens (including phenoxy) is 1. The molecule has 0 aromatic heterocycles. The predicted molar refractivity (Wildman–Crippen MR) is 89.8 cm³/mol. The molecule has 2 heterocycles. The number of halogens is 1. The van der Waals surface area contributed by atoms with Gasteiger partial charge in [-0.1, -0.05) is 22.4 Å². The molecule has 1 atom stereocenters. The van der Waals surface area contributed by atoms with Gasteiger partial charge in [0.15, 0.2) is 0 Å². The number of piperidine rings is 1. The predicted octanol–water partition coefficient (Wildman–Crippen LogP) is 3.52. The Bertz CT molecular complexity index is 474. The van der Waals surface area contributed by atoms with Gasteiger partial charge in [0.1, 0.15) is 5.75 Å². The first kappa shape index (κ1) is 15.3. The SMILES string of the molecule is COc1ccc(Br)cc1CN1CCC(N2CCCCC2)C1. The molecule has 1 aromatic carbocycles. The van der Waals surface area contributed by atoms with E-state index in [0.29, 0.717) is 0 Å². The van der Waals surface area contributed by atoms with Crippen LogP contribution in [0.2, 0.25) is 0 Å². The lowest BCUT2D eigenvalue weighted by molar-refractivity contribution is 0.161. The summed E-state index contributed by atoms with van der Waals surface area (Å²) in [6.07, 6.45) is 5.50. The smallest absolute Gasteiger partial charge is 0.123 e. The fourth-order valence-electron chi connectivity index (χ4n) is 3.65. The lowest BCUT2D eigenvalue weighted by Gasteiger charge is -2.32. The van der Waals surface area contributed by atoms with Crippen molar-refractivity contribution in [3.63, 3.8) is 0 Å². The highest BCUT2D eigenvalue weighted by molar-refractivity contribution is 9.10. The maximum absolute atomic E-state index is 5.50. The number of nitrogens with zero attached hydrogens (tertiary/aromatic N) is 2. The summed E-state index contributed by atoms with van der Waals surface area (Å²) in [6.45, 7) is 6.01. The van der Waals surface area contributed by atoms with Gasteiger partial charge in [0, 0.05) is 35.7 Å². The van der Waals surface area contributed by atoms with Crippen LogP contribution < -0.4 is 4.74 Å². The van der Waals surface area contributed by atoms with Gasteiger partial charge in [-0.05, 0) is 50.6 Å². The van der Waals surface area contributed by atoms with Crippen molar-refractivity contribution in [2.45, 2.75) is 38.3 Å². The first-order valence-corrected chi connectivity index (χ1v) is 8.84. The van der Waals surface area contributed by atoms with Crippen molar-refractivity contribution in [3.8, 4) is 5.75 Å². The van der Waals surface area contributed by atoms with Crippen LogP contribution >= 0.6 is 15.9 Å². The number of benzene rings is 1. The van der Waals surface area contributed by atoms with E-state index in [1.165, 1.54) is 57.4 Å². The van der Waals surface area contributed by atoms with Crippen LogP contribution in [0.15, 0.2) is 22.7 Å². The third-order valence-electron chi connectivity index (χ3n) is 4.79. The van der Waals surface area contributed by atoms with E-state index in [-0.39, 0.29) is 0 Å². The topological polar surface area (TPSA) is 15.7 Å². The van der Waals surface area contributed by atoms with Crippen LogP contribution in [0.5, 0.6) is 5.75 Å². The van der Waals surface area contributed by atoms with Crippen LogP contribution in [0.3, 0.4) is 0 Å². The molecule has 0 N–H and O–H groups in total. The van der Waals surface area contributed by atoms with Crippen LogP contribution in [0.4, 0.5) is 0 Å². The molecule has 2 fully saturated rings. The summed E-state index contributed by atoms with van der Waals surface area (Å²) in [5.41, 5.74) is 1.28. The molecule has 21 heavy (non-hydrogen) atoms. The number of methoxy groups -OCH3 is 1. The van der Waals surface area contributed by atoms with E-state index in [2.05, 4.69) is 37.9 Å². The molecule has 2 saturated heterocycles. The van der Waals surface area contributed by atoms with Gasteiger partial charge in [0.2, 0.25) is 0 Å². The molecule has 2 aliphatic rings. The highest BCUT2D eigenvalue weighted by Gasteiger charge is 2.28. The van der Waals surface area contributed by atoms with Crippen LogP contribution in [0.1, 0.15) is 31.2 Å². The van der Waals surface area contributed by atoms with Crippen molar-refractivity contribution in [1.29, 1.82) is 0 Å². The van der Waals surface area contributed by atoms with Gasteiger partial charge in [-0.3, -0.25) is 9.80 Å². The van der Waals surface area contributed by atoms with E-state index in [9.17, 15) is 0 Å². The number of hydrogen-bond acceptors (Lipinski definition) is 3. The molecule has 0 saturated carbocycles. The first-order valence-electron chi connectivity index (χ1n) is 8.05. The summed E-state index contributed by atoms with van der Waals surface area (Å²) in [6, 6.07) is 7.05. The molecular formula is C17H25BrN2O. The average Bonchev–Trinajstić information content (AvgIpc) is 2.97. The van der Waals surface area contributed by atoms with Crippen molar-refractivity contribution in [2.75, 3.05) is 33.3 Å². The number of likely N-dealkylation sites (tertiary alicyclic amines) is 2. The van der Waals surface area contributed by atoms with Crippen LogP contribution in [0.25, 0.3) is 0 Å². The Kier molecular flexibility index (Phi) is 5.19. The van der Waals surface area contributed by atoms with Gasteiger partial charge in [0.25, 0.3) is 0 Å². The molecule has 0 spiro atoms. The maximum Gasteiger partial charge on any atom is 0.123 e. The minimum absolute atomic E-state index is 0.767. The molecule has 1 aromatic rings. The second-order valence-corrected chi connectivity index (χ2v) is 7.15. The quantitative estimate of drug-likeness (QED) is 0.824. The maximum atomic E-state index is 5.50. The summed E-state index contributed by atoms with van der Waals surface area (Å²) >= 11 is 3.57. The van der Waals surface area contributed by atoms with Crippen LogP contribution in [-0.2, 0) is 6.54 Å². The Hall–Kier alpha value is -0.580. The molecule has 116 valence electrons. The average molecular weight is 353 g/mol. The lowest BCUT2D eigenvalue weighted by Crippen LogP contribution is -2.40. The van der Waals surface area contributed by atoms with E-state index < -0.39 is 0 Å². The molecule has 0 bridgehead atoms. The van der Waals surface area contributed by atoms with Crippen molar-refractivity contribution in [3.05, 3.63) is 28.2 Å². The Morgan fingerprint density at radius 1 is 1.19 bits per heavy atom. The standard InChI is InChI=1S/C17H25BrN2O/c1-21-17-6-5-15(18)11-14(17)12-19-10-7-16(13-19)20-8-3-2-4-9-20/h5-6,11,16H,2-4,7-10,12-13H2,1H3. The molecule has 0 aliphatic carbocycles. The zero-order chi connectivity index (χ0) is 14.7. The molecule has 3 nitrogen and oxygen atoms in total. The van der Waals surface area contributed by atoms with Crippen molar-refractivity contribution in [2.24, 2.45) is 0 Å². The normalized spacial score (nSPS) is 24.4. The van der Waals surface area contributed by atoms with Gasteiger partial charge in [0.05, 0.1) is 7.11 Å². The van der Waals surface area contributed by atoms with E-state index in [1.807, 2.05) is 6.07 Å². The van der Waals surface area contributed by atoms with Crippen molar-refractivity contribution in [1.82, 2.24) is 9.80 Å². The van der Waals surface area contributed by atoms with E-state index in [0.717, 1.165) is 22.8 Å². The van der Waals surface area contributed by atoms with Crippen LogP contribution in [-0.4, -0.2) is 49.1 Å². The summed E-state index contributed by atoms with van der Waals surface area (Å²) in [5, 5.41) is 0. The minimum Gasteiger partial charge on any atom is -0.496 e. The summed E-state index contributed by atoms with van der Waals surface area (Å²) in [5.74, 6) is 1.000. The Balaban J connectivity index is 1.60. The first-order chi connectivity index (χ1) is 10.3. The minimum atomic E-state index is 0.767. The summed E-state index contributed by atoms with van der Waals surface area (Å²) in [7, 11) is 1.76. The van der Waals surface area contributed by atoms with Crippen molar-refractivity contribution < 1.29 is 4.74 Å². The molecule has 0 amide bonds. The number of rotatable bonds is 4. The zero-order valence-corrected chi connectivity index (χ0v) is 14.4. The summed E-state index contributed by atoms with van der Waals surface area (Å²) in [4.78, 5) is 5.28. The van der Waals surface area contributed by atoms with E-state index in [4.69, 9.17) is 4.74 Å². The van der Waals surface area contributed by atoms with Gasteiger partial charge in [-0.2, -0.15) is 0 Å². The monoisotopic (exact) mass is 352 g/mol. The van der Waals surface area contributed by atoms with Gasteiger partial charge >= 0.3 is 0 Å². The molecule has 3 rings (SSSR count). The van der Waals surface area contributed by atoms with Crippen LogP contribution in [0, 0.1) is 0 Å². The molecule has 0 radical (unpaired) electrons. The summed E-state index contributed by atoms with van der Waals surface area (Å²) < 4.78 is 6.63. The Labute approximate surface area is 136 Å². The Morgan fingerprint density at radius 2 is 2.00 bits per heavy atom. The largest absolute Gasteiger partial charge is 0.496 e. The number of hydrogen-bond donors (Lipinski definition) is 0. The third kappa shape index (κ3) is 3.79. The highest BCUT2D eigenvalue weighted by atomic mass is 79.9. The third-order valence-corrected chi connectivity index (χ3v) is 5.28. The molecule has 1 unspecified atom stereocenters. The highest BCUT2D eigenvalue weighted by Crippen LogP contribution is 2.27. The van der Waals surface area contributed by atoms with Crippen molar-refractivity contribution >= 4 is 15.9 Å². The van der Waals surface area contributed by atoms with E-state index in [1.54, 1.807) is 7.11 Å². The Morgan fingerprint density at radius 3 is 2.76 bits per heavy atom. The second-order valence-electron chi connectivity index (χ2n) is 6.23. The molecule has 4 heteroatoms. The molecular weight excluding hydrogens is 328 g/mol. The lowest BCUT2D eigenvalue weighted by atomic mass is 10.1. The zero-order valence-electron chi connectivity index (χ0n) is 12.9. The van der Waals surface area contributed by atoms with E-state index >= 15 is 0 Å². The fraction of sp³-hybridized carbons (Fsp3) is 0.647. The van der Waals surface area contributed by atoms with Gasteiger partial charge in [-0.25, -0.2) is 0 Å².